The molecule has 6 heterocycles. The van der Waals surface area contributed by atoms with Crippen LogP contribution in [0.25, 0.3) is 0 Å². The standard InChI is InChI=1S/C94H97NO26/c1-58(96)110-80-74(56-105-50-63-32-16-7-17-33-63)116-93(120-79-73(55-104-49-62-30-14-6-15-31-62)115-92(113-69-46-44-68(102-4)45-47-69)85(107-52-65-36-20-9-21-37-65)82(79)106-51-64-34-18-8-19-35-64)86(108-53-66-38-22-10-23-39-66)83(80)121-91-76(95-88(100)70-42-26-27-43-71(70)89(95)101)77(99)78(72(114-91)54-103-48-61-28-12-5-13-29-61)118-94-87(112-60(3)98)84(111-59(2)97)81-75(117-94)57-109-90(119-81)67-40-24-11-25-41-67/h5-47,72-87,90-94,99H,48-57H2,1-4H3/t72-,73-,74-,75-,76-,77-,78-,79-,80+,81+,82+,83+,84+,85-,86-,87-,90?,91+,92-,93+,94+/m1/s1. The number of aliphatic hydroxyl groups is 1. The summed E-state index contributed by atoms with van der Waals surface area (Å²) in [7, 11) is 1.57. The van der Waals surface area contributed by atoms with Gasteiger partial charge in [0.2, 0.25) is 6.29 Å². The van der Waals surface area contributed by atoms with Crippen LogP contribution in [0.2, 0.25) is 0 Å². The third kappa shape index (κ3) is 21.5. The largest absolute Gasteiger partial charge is 0.497 e. The first-order chi connectivity index (χ1) is 59.2. The van der Waals surface area contributed by atoms with E-state index in [0.29, 0.717) is 22.6 Å². The van der Waals surface area contributed by atoms with Crippen LogP contribution < -0.4 is 9.47 Å². The molecule has 21 atom stereocenters. The summed E-state index contributed by atoms with van der Waals surface area (Å²) in [5, 5.41) is 14.0. The van der Waals surface area contributed by atoms with E-state index >= 15 is 9.59 Å². The van der Waals surface area contributed by atoms with Crippen molar-refractivity contribution in [1.82, 2.24) is 4.90 Å². The first kappa shape index (κ1) is 85.5. The number of hydrogen-bond acceptors (Lipinski definition) is 26. The van der Waals surface area contributed by atoms with Gasteiger partial charge in [0.15, 0.2) is 43.5 Å². The van der Waals surface area contributed by atoms with Gasteiger partial charge in [0.1, 0.15) is 90.8 Å². The molecular weight excluding hydrogens is 1560 g/mol. The zero-order valence-electron chi connectivity index (χ0n) is 67.1. The number of hydrogen-bond donors (Lipinski definition) is 1. The van der Waals surface area contributed by atoms with Gasteiger partial charge in [-0.25, -0.2) is 0 Å². The first-order valence-corrected chi connectivity index (χ1v) is 40.4. The Morgan fingerprint density at radius 2 is 0.744 bits per heavy atom. The van der Waals surface area contributed by atoms with E-state index in [-0.39, 0.29) is 70.6 Å². The van der Waals surface area contributed by atoms with Crippen molar-refractivity contribution < 1.29 is 124 Å². The Labute approximate surface area is 700 Å². The van der Waals surface area contributed by atoms with Gasteiger partial charge in [0.05, 0.1) is 84.3 Å². The number of rotatable bonds is 35. The molecule has 15 rings (SSSR count). The average molecular weight is 1660 g/mol. The highest BCUT2D eigenvalue weighted by Gasteiger charge is 2.62. The van der Waals surface area contributed by atoms with E-state index in [2.05, 4.69) is 0 Å². The van der Waals surface area contributed by atoms with Crippen molar-refractivity contribution in [3.63, 3.8) is 0 Å². The third-order valence-electron chi connectivity index (χ3n) is 21.4. The molecular formula is C94H97NO26. The minimum Gasteiger partial charge on any atom is -0.497 e. The van der Waals surface area contributed by atoms with Crippen molar-refractivity contribution >= 4 is 29.7 Å². The molecule has 0 aromatic heterocycles. The van der Waals surface area contributed by atoms with Crippen molar-refractivity contribution in [3.8, 4) is 11.5 Å². The van der Waals surface area contributed by atoms with Crippen LogP contribution in [-0.2, 0) is 139 Å². The van der Waals surface area contributed by atoms with Gasteiger partial charge < -0.3 is 99.8 Å². The van der Waals surface area contributed by atoms with E-state index in [1.807, 2.05) is 188 Å². The zero-order chi connectivity index (χ0) is 83.6. The quantitative estimate of drug-likeness (QED) is 0.0219. The second kappa shape index (κ2) is 41.4. The van der Waals surface area contributed by atoms with Crippen molar-refractivity contribution in [2.24, 2.45) is 0 Å². The number of imide groups is 1. The Hall–Kier alpha value is -10.5. The molecule has 2 amide bonds. The molecule has 1 N–H and O–H groups in total. The average Bonchev–Trinajstić information content (AvgIpc) is 1.67. The molecule has 27 heteroatoms. The van der Waals surface area contributed by atoms with E-state index in [1.165, 1.54) is 26.0 Å². The monoisotopic (exact) mass is 1660 g/mol. The second-order valence-corrected chi connectivity index (χ2v) is 30.0. The second-order valence-electron chi connectivity index (χ2n) is 30.0. The predicted octanol–water partition coefficient (Wildman–Crippen LogP) is 11.5. The van der Waals surface area contributed by atoms with E-state index in [1.54, 1.807) is 67.8 Å². The molecule has 6 aliphatic rings. The summed E-state index contributed by atoms with van der Waals surface area (Å²) in [5.74, 6) is -3.24. The molecule has 9 aromatic rings. The van der Waals surface area contributed by atoms with Gasteiger partial charge >= 0.3 is 17.9 Å². The fraction of sp³-hybridized carbons (Fsp3) is 0.372. The lowest BCUT2D eigenvalue weighted by Crippen LogP contribution is -2.71. The van der Waals surface area contributed by atoms with Crippen LogP contribution in [0.3, 0.4) is 0 Å². The maximum absolute atomic E-state index is 15.6. The van der Waals surface area contributed by atoms with Crippen LogP contribution in [0.5, 0.6) is 11.5 Å². The van der Waals surface area contributed by atoms with Crippen LogP contribution in [0.1, 0.15) is 86.7 Å². The number of ether oxygens (including phenoxy) is 20. The Kier molecular flexibility index (Phi) is 29.2. The molecule has 5 fully saturated rings. The lowest BCUT2D eigenvalue weighted by Gasteiger charge is -2.53. The molecule has 0 bridgehead atoms. The molecule has 0 radical (unpaired) electrons. The number of nitrogens with zero attached hydrogens (tertiary/aromatic N) is 1. The van der Waals surface area contributed by atoms with Crippen LogP contribution in [0, 0.1) is 0 Å². The van der Waals surface area contributed by atoms with Gasteiger partial charge in [0, 0.05) is 26.3 Å². The number of carbonyl (C=O) groups excluding carboxylic acids is 5. The summed E-state index contributed by atoms with van der Waals surface area (Å²) in [4.78, 5) is 73.3. The smallest absolute Gasteiger partial charge is 0.303 e. The van der Waals surface area contributed by atoms with Gasteiger partial charge in [0.25, 0.3) is 11.8 Å². The minimum absolute atomic E-state index is 0.0102. The maximum Gasteiger partial charge on any atom is 0.303 e. The van der Waals surface area contributed by atoms with E-state index < -0.39 is 165 Å². The Balaban J connectivity index is 0.867. The molecule has 634 valence electrons. The maximum atomic E-state index is 15.6. The van der Waals surface area contributed by atoms with Gasteiger partial charge in [-0.15, -0.1) is 0 Å². The van der Waals surface area contributed by atoms with Crippen molar-refractivity contribution in [3.05, 3.63) is 311 Å². The summed E-state index contributed by atoms with van der Waals surface area (Å²) >= 11 is 0. The SMILES string of the molecule is COc1ccc(O[C@@H]2O[C@H](COCc3ccccc3)[C@@H](O[C@@H]3O[C@H](COCc4ccccc4)[C@H](OC(C)=O)[C@H](O[C@@H]4O[C@H](COCc5ccccc5)[C@@H](O[C@@H]5O[C@@H]6COC(c7ccccc7)O[C@@H]6[C@H](OC(C)=O)[C@H]5OC(C)=O)[C@H](O)[C@H]4N4C(=O)c5ccccc5C4=O)[C@H]3OCc3ccccc3)[C@H](OCc3ccccc3)[C@H]2OCc2ccccc2)cc1. The third-order valence-corrected chi connectivity index (χ3v) is 21.4. The molecule has 121 heavy (non-hydrogen) atoms. The molecule has 0 spiro atoms. The number of aliphatic hydroxyl groups excluding tert-OH is 1. The first-order valence-electron chi connectivity index (χ1n) is 40.4. The van der Waals surface area contributed by atoms with Gasteiger partial charge in [-0.2, -0.15) is 0 Å². The van der Waals surface area contributed by atoms with Crippen molar-refractivity contribution in [2.75, 3.05) is 33.5 Å². The number of fused-ring (bicyclic) bond motifs is 2. The van der Waals surface area contributed by atoms with E-state index in [4.69, 9.17) is 94.7 Å². The number of carbonyl (C=O) groups is 5. The lowest BCUT2D eigenvalue weighted by atomic mass is 9.93. The molecule has 9 aromatic carbocycles. The van der Waals surface area contributed by atoms with E-state index in [9.17, 15) is 19.5 Å². The number of methoxy groups -OCH3 is 1. The molecule has 27 nitrogen and oxygen atoms in total. The highest BCUT2D eigenvalue weighted by atomic mass is 16.8. The topological polar surface area (TPSA) is 293 Å². The normalized spacial score (nSPS) is 28.3. The van der Waals surface area contributed by atoms with Gasteiger partial charge in [-0.05, 0) is 69.8 Å². The fourth-order valence-corrected chi connectivity index (χ4v) is 15.7. The summed E-state index contributed by atoms with van der Waals surface area (Å²) in [6, 6.07) is 76.6. The lowest BCUT2D eigenvalue weighted by molar-refractivity contribution is -0.395. The van der Waals surface area contributed by atoms with Crippen LogP contribution >= 0.6 is 0 Å². The van der Waals surface area contributed by atoms with Crippen LogP contribution in [0.15, 0.2) is 261 Å². The number of amides is 2. The van der Waals surface area contributed by atoms with E-state index in [0.717, 1.165) is 39.6 Å². The summed E-state index contributed by atoms with van der Waals surface area (Å²) in [6.45, 7) is 2.28. The highest BCUT2D eigenvalue weighted by molar-refractivity contribution is 6.21. The summed E-state index contributed by atoms with van der Waals surface area (Å²) in [6.07, 6.45) is -29.8. The van der Waals surface area contributed by atoms with Gasteiger partial charge in [-0.3, -0.25) is 28.9 Å². The molecule has 6 aliphatic heterocycles. The predicted molar refractivity (Wildman–Crippen MR) is 430 cm³/mol. The Bertz CT molecular complexity index is 4750. The van der Waals surface area contributed by atoms with Crippen molar-refractivity contribution in [1.29, 1.82) is 0 Å². The molecule has 0 saturated carbocycles. The molecule has 0 aliphatic carbocycles. The number of esters is 3. The van der Waals surface area contributed by atoms with Crippen molar-refractivity contribution in [2.45, 2.75) is 189 Å². The Morgan fingerprint density at radius 3 is 1.22 bits per heavy atom. The highest BCUT2D eigenvalue weighted by Crippen LogP contribution is 2.44. The molecule has 5 saturated heterocycles. The molecule has 1 unspecified atom stereocenters. The summed E-state index contributed by atoms with van der Waals surface area (Å²) in [5.41, 5.74) is 5.15. The summed E-state index contributed by atoms with van der Waals surface area (Å²) < 4.78 is 137. The zero-order valence-corrected chi connectivity index (χ0v) is 67.1. The number of benzene rings is 9. The fourth-order valence-electron chi connectivity index (χ4n) is 15.7. The van der Waals surface area contributed by atoms with Gasteiger partial charge in [-0.1, -0.05) is 224 Å². The van der Waals surface area contributed by atoms with Crippen LogP contribution in [0.4, 0.5) is 0 Å². The van der Waals surface area contributed by atoms with Crippen LogP contribution in [-0.4, -0.2) is 196 Å². The Morgan fingerprint density at radius 1 is 0.372 bits per heavy atom. The minimum atomic E-state index is -2.12.